The monoisotopic (exact) mass is 361 g/mol. The molecule has 0 saturated carbocycles. The number of carbonyl (C=O) groups excluding carboxylic acids is 1. The molecule has 1 atom stereocenters. The van der Waals surface area contributed by atoms with E-state index in [2.05, 4.69) is 32.8 Å². The predicted octanol–water partition coefficient (Wildman–Crippen LogP) is 2.66. The molecule has 1 aliphatic rings. The highest BCUT2D eigenvalue weighted by molar-refractivity contribution is 5.94. The van der Waals surface area contributed by atoms with Crippen molar-refractivity contribution in [1.82, 2.24) is 25.4 Å². The fourth-order valence-corrected chi connectivity index (χ4v) is 3.48. The van der Waals surface area contributed by atoms with E-state index >= 15 is 0 Å². The molecule has 3 aromatic rings. The molecule has 138 valence electrons. The third-order valence-electron chi connectivity index (χ3n) is 4.99. The molecule has 2 N–H and O–H groups in total. The van der Waals surface area contributed by atoms with E-state index in [0.717, 1.165) is 24.3 Å². The molecule has 2 heterocycles. The normalized spacial score (nSPS) is 16.8. The van der Waals surface area contributed by atoms with Crippen LogP contribution in [0.2, 0.25) is 0 Å². The number of hydrogen-bond donors (Lipinski definition) is 2. The topological polar surface area (TPSA) is 71.8 Å². The van der Waals surface area contributed by atoms with E-state index in [1.165, 1.54) is 24.7 Å². The molecule has 0 radical (unpaired) electrons. The maximum Gasteiger partial charge on any atom is 0.251 e. The second-order valence-electron chi connectivity index (χ2n) is 6.86. The van der Waals surface area contributed by atoms with Gasteiger partial charge < -0.3 is 10.6 Å². The van der Waals surface area contributed by atoms with Gasteiger partial charge in [-0.05, 0) is 60.7 Å². The molecule has 1 aliphatic heterocycles. The van der Waals surface area contributed by atoms with Crippen molar-refractivity contribution >= 4 is 5.91 Å². The van der Waals surface area contributed by atoms with Gasteiger partial charge in [0, 0.05) is 18.7 Å². The Labute approximate surface area is 158 Å². The molecular weight excluding hydrogens is 338 g/mol. The van der Waals surface area contributed by atoms with Crippen molar-refractivity contribution in [3.8, 4) is 5.69 Å². The van der Waals surface area contributed by atoms with Crippen LogP contribution in [-0.2, 0) is 6.54 Å². The van der Waals surface area contributed by atoms with Gasteiger partial charge in [-0.2, -0.15) is 5.10 Å². The van der Waals surface area contributed by atoms with Crippen molar-refractivity contribution in [2.75, 3.05) is 13.1 Å². The number of aromatic nitrogens is 3. The van der Waals surface area contributed by atoms with Crippen LogP contribution < -0.4 is 10.6 Å². The predicted molar refractivity (Wildman–Crippen MR) is 104 cm³/mol. The average molecular weight is 361 g/mol. The molecular formula is C21H23N5O. The summed E-state index contributed by atoms with van der Waals surface area (Å²) in [6.07, 6.45) is 5.57. The van der Waals surface area contributed by atoms with E-state index in [-0.39, 0.29) is 5.91 Å². The third-order valence-corrected chi connectivity index (χ3v) is 4.99. The van der Waals surface area contributed by atoms with E-state index in [1.54, 1.807) is 11.0 Å². The van der Waals surface area contributed by atoms with Crippen molar-refractivity contribution < 1.29 is 4.79 Å². The van der Waals surface area contributed by atoms with Crippen LogP contribution in [0.4, 0.5) is 0 Å². The van der Waals surface area contributed by atoms with Gasteiger partial charge in [0.25, 0.3) is 5.91 Å². The zero-order valence-corrected chi connectivity index (χ0v) is 15.1. The zero-order valence-electron chi connectivity index (χ0n) is 15.1. The summed E-state index contributed by atoms with van der Waals surface area (Å²) in [6, 6.07) is 15.9. The van der Waals surface area contributed by atoms with Gasteiger partial charge in [-0.25, -0.2) is 9.67 Å². The van der Waals surface area contributed by atoms with E-state index in [9.17, 15) is 4.79 Å². The maximum atomic E-state index is 12.5. The molecule has 0 bridgehead atoms. The number of piperidine rings is 1. The number of benzene rings is 2. The number of rotatable bonds is 5. The zero-order chi connectivity index (χ0) is 18.5. The standard InChI is InChI=1S/C21H23N5O/c27-21(18-8-6-17(7-9-18)19-4-2-10-22-13-19)24-12-16-3-1-5-20(11-16)26-15-23-14-25-26/h1,3,5-9,11,14-15,19,22H,2,4,10,12-13H2,(H,24,27). The van der Waals surface area contributed by atoms with Gasteiger partial charge in [-0.3, -0.25) is 4.79 Å². The highest BCUT2D eigenvalue weighted by atomic mass is 16.1. The molecule has 6 nitrogen and oxygen atoms in total. The minimum Gasteiger partial charge on any atom is -0.348 e. The smallest absolute Gasteiger partial charge is 0.251 e. The van der Waals surface area contributed by atoms with E-state index in [4.69, 9.17) is 0 Å². The Bertz CT molecular complexity index is 883. The first kappa shape index (κ1) is 17.4. The molecule has 6 heteroatoms. The molecule has 1 unspecified atom stereocenters. The molecule has 0 spiro atoms. The fraction of sp³-hybridized carbons (Fsp3) is 0.286. The highest BCUT2D eigenvalue weighted by Crippen LogP contribution is 2.23. The first-order valence-electron chi connectivity index (χ1n) is 9.32. The Kier molecular flexibility index (Phi) is 5.25. The van der Waals surface area contributed by atoms with Crippen LogP contribution in [0.1, 0.15) is 40.2 Å². The van der Waals surface area contributed by atoms with Crippen molar-refractivity contribution in [3.05, 3.63) is 77.9 Å². The first-order chi connectivity index (χ1) is 13.3. The van der Waals surface area contributed by atoms with Gasteiger partial charge in [0.1, 0.15) is 12.7 Å². The number of hydrogen-bond acceptors (Lipinski definition) is 4. The van der Waals surface area contributed by atoms with Crippen LogP contribution in [-0.4, -0.2) is 33.8 Å². The van der Waals surface area contributed by atoms with Gasteiger partial charge in [-0.15, -0.1) is 0 Å². The molecule has 27 heavy (non-hydrogen) atoms. The van der Waals surface area contributed by atoms with Crippen molar-refractivity contribution in [2.45, 2.75) is 25.3 Å². The molecule has 1 fully saturated rings. The lowest BCUT2D eigenvalue weighted by Crippen LogP contribution is -2.28. The Morgan fingerprint density at radius 2 is 2.11 bits per heavy atom. The summed E-state index contributed by atoms with van der Waals surface area (Å²) in [4.78, 5) is 16.4. The summed E-state index contributed by atoms with van der Waals surface area (Å²) >= 11 is 0. The number of nitrogens with zero attached hydrogens (tertiary/aromatic N) is 3. The Hall–Kier alpha value is -2.99. The highest BCUT2D eigenvalue weighted by Gasteiger charge is 2.15. The van der Waals surface area contributed by atoms with Crippen LogP contribution in [0, 0.1) is 0 Å². The van der Waals surface area contributed by atoms with E-state index in [1.807, 2.05) is 36.4 Å². The lowest BCUT2D eigenvalue weighted by molar-refractivity contribution is 0.0951. The summed E-state index contributed by atoms with van der Waals surface area (Å²) in [6.45, 7) is 2.60. The summed E-state index contributed by atoms with van der Waals surface area (Å²) in [5.74, 6) is 0.491. The summed E-state index contributed by atoms with van der Waals surface area (Å²) in [5.41, 5.74) is 3.93. The molecule has 2 aromatic carbocycles. The molecule has 4 rings (SSSR count). The van der Waals surface area contributed by atoms with Gasteiger partial charge in [-0.1, -0.05) is 24.3 Å². The molecule has 1 saturated heterocycles. The van der Waals surface area contributed by atoms with Crippen molar-refractivity contribution in [2.24, 2.45) is 0 Å². The van der Waals surface area contributed by atoms with Gasteiger partial charge >= 0.3 is 0 Å². The van der Waals surface area contributed by atoms with Gasteiger partial charge in [0.15, 0.2) is 0 Å². The number of amides is 1. The van der Waals surface area contributed by atoms with Gasteiger partial charge in [0.05, 0.1) is 5.69 Å². The van der Waals surface area contributed by atoms with Crippen molar-refractivity contribution in [1.29, 1.82) is 0 Å². The molecule has 1 aromatic heterocycles. The maximum absolute atomic E-state index is 12.5. The first-order valence-corrected chi connectivity index (χ1v) is 9.32. The number of nitrogens with one attached hydrogen (secondary N) is 2. The second-order valence-corrected chi connectivity index (χ2v) is 6.86. The quantitative estimate of drug-likeness (QED) is 0.733. The Morgan fingerprint density at radius 3 is 2.85 bits per heavy atom. The minimum atomic E-state index is -0.0607. The van der Waals surface area contributed by atoms with Crippen LogP contribution in [0.3, 0.4) is 0 Å². The largest absolute Gasteiger partial charge is 0.348 e. The van der Waals surface area contributed by atoms with Crippen molar-refractivity contribution in [3.63, 3.8) is 0 Å². The summed E-state index contributed by atoms with van der Waals surface area (Å²) < 4.78 is 1.70. The van der Waals surface area contributed by atoms with E-state index in [0.29, 0.717) is 18.0 Å². The van der Waals surface area contributed by atoms with Gasteiger partial charge in [0.2, 0.25) is 0 Å². The molecule has 0 aliphatic carbocycles. The third kappa shape index (κ3) is 4.23. The lowest BCUT2D eigenvalue weighted by Gasteiger charge is -2.23. The Morgan fingerprint density at radius 1 is 1.22 bits per heavy atom. The lowest BCUT2D eigenvalue weighted by atomic mass is 9.91. The minimum absolute atomic E-state index is 0.0607. The molecule has 1 amide bonds. The average Bonchev–Trinajstić information content (AvgIpc) is 3.28. The van der Waals surface area contributed by atoms with Crippen LogP contribution in [0.15, 0.2) is 61.2 Å². The van der Waals surface area contributed by atoms with E-state index < -0.39 is 0 Å². The second kappa shape index (κ2) is 8.14. The number of carbonyl (C=O) groups is 1. The fourth-order valence-electron chi connectivity index (χ4n) is 3.48. The van der Waals surface area contributed by atoms with Crippen LogP contribution in [0.25, 0.3) is 5.69 Å². The SMILES string of the molecule is O=C(NCc1cccc(-n2cncn2)c1)c1ccc(C2CCCNC2)cc1. The Balaban J connectivity index is 1.37. The summed E-state index contributed by atoms with van der Waals surface area (Å²) in [5, 5.41) is 10.6. The van der Waals surface area contributed by atoms with Crippen LogP contribution >= 0.6 is 0 Å². The van der Waals surface area contributed by atoms with Crippen LogP contribution in [0.5, 0.6) is 0 Å². The summed E-state index contributed by atoms with van der Waals surface area (Å²) in [7, 11) is 0.